The molecule has 0 unspecified atom stereocenters. The van der Waals surface area contributed by atoms with Gasteiger partial charge in [-0.2, -0.15) is 0 Å². The molecule has 1 heterocycles. The largest absolute Gasteiger partial charge is 0.494 e. The highest BCUT2D eigenvalue weighted by Gasteiger charge is 2.15. The molecule has 0 aliphatic rings. The predicted octanol–water partition coefficient (Wildman–Crippen LogP) is 2.72. The van der Waals surface area contributed by atoms with E-state index in [1.165, 1.54) is 6.26 Å². The number of anilines is 1. The number of hydrogen-bond acceptors (Lipinski definition) is 5. The maximum Gasteiger partial charge on any atom is 0.260 e. The zero-order chi connectivity index (χ0) is 14.4. The third-order valence-electron chi connectivity index (χ3n) is 2.49. The van der Waals surface area contributed by atoms with Crippen LogP contribution >= 0.6 is 0 Å². The molecule has 20 heavy (non-hydrogen) atoms. The van der Waals surface area contributed by atoms with Gasteiger partial charge in [0.1, 0.15) is 17.8 Å². The number of aromatic nitrogens is 1. The van der Waals surface area contributed by atoms with Crippen molar-refractivity contribution in [3.8, 4) is 11.5 Å². The molecule has 0 aliphatic carbocycles. The van der Waals surface area contributed by atoms with Crippen molar-refractivity contribution in [1.82, 2.24) is 5.16 Å². The summed E-state index contributed by atoms with van der Waals surface area (Å²) in [6, 6.07) is 6.65. The van der Waals surface area contributed by atoms with Crippen LogP contribution in [-0.2, 0) is 0 Å². The molecule has 2 aromatic rings. The molecule has 0 bridgehead atoms. The Hall–Kier alpha value is -2.50. The molecular weight excluding hydrogens is 260 g/mol. The van der Waals surface area contributed by atoms with E-state index in [-0.39, 0.29) is 5.91 Å². The lowest BCUT2D eigenvalue weighted by Crippen LogP contribution is -2.14. The minimum Gasteiger partial charge on any atom is -0.494 e. The molecular formula is C14H16N2O4. The van der Waals surface area contributed by atoms with E-state index in [1.807, 2.05) is 13.8 Å². The van der Waals surface area contributed by atoms with E-state index in [0.717, 1.165) is 0 Å². The van der Waals surface area contributed by atoms with Crippen molar-refractivity contribution in [3.63, 3.8) is 0 Å². The second-order valence-corrected chi connectivity index (χ2v) is 3.86. The number of benzene rings is 1. The smallest absolute Gasteiger partial charge is 0.260 e. The van der Waals surface area contributed by atoms with Gasteiger partial charge >= 0.3 is 0 Å². The van der Waals surface area contributed by atoms with Crippen LogP contribution in [0.3, 0.4) is 0 Å². The van der Waals surface area contributed by atoms with E-state index < -0.39 is 0 Å². The van der Waals surface area contributed by atoms with Gasteiger partial charge in [0.05, 0.1) is 18.8 Å². The second-order valence-electron chi connectivity index (χ2n) is 3.86. The Morgan fingerprint density at radius 1 is 1.25 bits per heavy atom. The van der Waals surface area contributed by atoms with Crippen molar-refractivity contribution in [2.45, 2.75) is 13.8 Å². The van der Waals surface area contributed by atoms with Crippen LogP contribution in [0.2, 0.25) is 0 Å². The van der Waals surface area contributed by atoms with Gasteiger partial charge in [-0.1, -0.05) is 5.16 Å². The molecule has 1 aromatic carbocycles. The van der Waals surface area contributed by atoms with Gasteiger partial charge in [0.2, 0.25) is 0 Å². The number of carbonyl (C=O) groups is 1. The monoisotopic (exact) mass is 276 g/mol. The number of rotatable bonds is 6. The van der Waals surface area contributed by atoms with E-state index in [4.69, 9.17) is 9.47 Å². The number of ether oxygens (including phenoxy) is 2. The first-order valence-electron chi connectivity index (χ1n) is 6.36. The summed E-state index contributed by atoms with van der Waals surface area (Å²) in [7, 11) is 0. The van der Waals surface area contributed by atoms with E-state index in [1.54, 1.807) is 24.3 Å². The average Bonchev–Trinajstić information content (AvgIpc) is 2.92. The minimum absolute atomic E-state index is 0.314. The Balaban J connectivity index is 2.22. The third kappa shape index (κ3) is 3.28. The summed E-state index contributed by atoms with van der Waals surface area (Å²) >= 11 is 0. The van der Waals surface area contributed by atoms with E-state index >= 15 is 0 Å². The van der Waals surface area contributed by atoms with Crippen LogP contribution < -0.4 is 14.8 Å². The van der Waals surface area contributed by atoms with E-state index in [0.29, 0.717) is 36.1 Å². The summed E-state index contributed by atoms with van der Waals surface area (Å²) in [4.78, 5) is 12.2. The fourth-order valence-corrected chi connectivity index (χ4v) is 1.68. The van der Waals surface area contributed by atoms with Crippen LogP contribution in [0.1, 0.15) is 24.2 Å². The molecule has 106 valence electrons. The SMILES string of the molecule is CCOc1ccc(C(=O)Nc2ccon2)c(OCC)c1. The molecule has 1 aromatic heterocycles. The number of amides is 1. The predicted molar refractivity (Wildman–Crippen MR) is 73.2 cm³/mol. The first kappa shape index (κ1) is 13.9. The highest BCUT2D eigenvalue weighted by atomic mass is 16.5. The minimum atomic E-state index is -0.314. The lowest BCUT2D eigenvalue weighted by Gasteiger charge is -2.11. The standard InChI is InChI=1S/C14H16N2O4/c1-3-18-10-5-6-11(12(9-10)19-4-2)14(17)15-13-7-8-20-16-13/h5-9H,3-4H2,1-2H3,(H,15,16,17). The van der Waals surface area contributed by atoms with Crippen molar-refractivity contribution in [2.24, 2.45) is 0 Å². The summed E-state index contributed by atoms with van der Waals surface area (Å²) in [5.74, 6) is 1.17. The van der Waals surface area contributed by atoms with Crippen molar-refractivity contribution in [1.29, 1.82) is 0 Å². The van der Waals surface area contributed by atoms with Crippen LogP contribution in [0.4, 0.5) is 5.82 Å². The number of hydrogen-bond donors (Lipinski definition) is 1. The quantitative estimate of drug-likeness (QED) is 0.878. The van der Waals surface area contributed by atoms with Gasteiger partial charge in [-0.05, 0) is 26.0 Å². The van der Waals surface area contributed by atoms with Crippen molar-refractivity contribution < 1.29 is 18.8 Å². The van der Waals surface area contributed by atoms with Crippen LogP contribution in [0, 0.1) is 0 Å². The molecule has 0 aliphatic heterocycles. The lowest BCUT2D eigenvalue weighted by atomic mass is 10.1. The van der Waals surface area contributed by atoms with Gasteiger partial charge in [-0.15, -0.1) is 0 Å². The van der Waals surface area contributed by atoms with Gasteiger partial charge in [0, 0.05) is 12.1 Å². The molecule has 6 nitrogen and oxygen atoms in total. The number of nitrogens with one attached hydrogen (secondary N) is 1. The highest BCUT2D eigenvalue weighted by Crippen LogP contribution is 2.26. The Bertz CT molecular complexity index is 567. The van der Waals surface area contributed by atoms with Gasteiger partial charge in [-0.25, -0.2) is 0 Å². The molecule has 0 atom stereocenters. The van der Waals surface area contributed by atoms with Gasteiger partial charge < -0.3 is 19.3 Å². The zero-order valence-corrected chi connectivity index (χ0v) is 11.4. The summed E-state index contributed by atoms with van der Waals surface area (Å²) in [5, 5.41) is 6.26. The number of carbonyl (C=O) groups excluding carboxylic acids is 1. The molecule has 1 amide bonds. The normalized spacial score (nSPS) is 10.1. The van der Waals surface area contributed by atoms with Crippen molar-refractivity contribution in [3.05, 3.63) is 36.1 Å². The topological polar surface area (TPSA) is 73.6 Å². The second kappa shape index (κ2) is 6.60. The lowest BCUT2D eigenvalue weighted by molar-refractivity contribution is 0.102. The molecule has 0 fully saturated rings. The fraction of sp³-hybridized carbons (Fsp3) is 0.286. The molecule has 0 saturated heterocycles. The van der Waals surface area contributed by atoms with Crippen molar-refractivity contribution in [2.75, 3.05) is 18.5 Å². The Labute approximate surface area is 116 Å². The van der Waals surface area contributed by atoms with Crippen LogP contribution in [0.5, 0.6) is 11.5 Å². The molecule has 0 spiro atoms. The maximum atomic E-state index is 12.2. The van der Waals surface area contributed by atoms with Crippen LogP contribution in [0.25, 0.3) is 0 Å². The van der Waals surface area contributed by atoms with E-state index in [9.17, 15) is 4.79 Å². The Morgan fingerprint density at radius 3 is 2.70 bits per heavy atom. The Kier molecular flexibility index (Phi) is 4.60. The molecule has 0 radical (unpaired) electrons. The molecule has 6 heteroatoms. The first-order valence-corrected chi connectivity index (χ1v) is 6.36. The van der Waals surface area contributed by atoms with Crippen LogP contribution in [-0.4, -0.2) is 24.3 Å². The highest BCUT2D eigenvalue weighted by molar-refractivity contribution is 6.05. The summed E-state index contributed by atoms with van der Waals surface area (Å²) in [6.45, 7) is 4.76. The van der Waals surface area contributed by atoms with Gasteiger partial charge in [0.15, 0.2) is 5.82 Å². The van der Waals surface area contributed by atoms with Crippen molar-refractivity contribution >= 4 is 11.7 Å². The summed E-state index contributed by atoms with van der Waals surface area (Å²) in [5.41, 5.74) is 0.415. The van der Waals surface area contributed by atoms with Gasteiger partial charge in [0.25, 0.3) is 5.91 Å². The Morgan fingerprint density at radius 2 is 2.05 bits per heavy atom. The zero-order valence-electron chi connectivity index (χ0n) is 11.4. The molecule has 0 saturated carbocycles. The number of nitrogens with zero attached hydrogens (tertiary/aromatic N) is 1. The van der Waals surface area contributed by atoms with Crippen LogP contribution in [0.15, 0.2) is 35.1 Å². The summed E-state index contributed by atoms with van der Waals surface area (Å²) < 4.78 is 15.5. The summed E-state index contributed by atoms with van der Waals surface area (Å²) in [6.07, 6.45) is 1.39. The first-order chi connectivity index (χ1) is 9.74. The third-order valence-corrected chi connectivity index (χ3v) is 2.49. The van der Waals surface area contributed by atoms with Gasteiger partial charge in [-0.3, -0.25) is 4.79 Å². The molecule has 1 N–H and O–H groups in total. The van der Waals surface area contributed by atoms with E-state index in [2.05, 4.69) is 15.0 Å². The maximum absolute atomic E-state index is 12.2. The fourth-order valence-electron chi connectivity index (χ4n) is 1.68. The molecule has 2 rings (SSSR count). The average molecular weight is 276 g/mol.